The molecule has 0 atom stereocenters. The SMILES string of the molecule is COc1ccccc1NC(=O)COc1ccc(Cl)cc1/C=C1\C(=O)NC(=O)N(c2ccc(Br)cc2)C1=O. The van der Waals surface area contributed by atoms with Gasteiger partial charge in [-0.3, -0.25) is 19.7 Å². The van der Waals surface area contributed by atoms with E-state index < -0.39 is 23.8 Å². The molecule has 3 aromatic rings. The third-order valence-corrected chi connectivity index (χ3v) is 5.96. The number of carbonyl (C=O) groups excluding carboxylic acids is 4. The molecule has 0 bridgehead atoms. The summed E-state index contributed by atoms with van der Waals surface area (Å²) in [5, 5.41) is 5.17. The fourth-order valence-corrected chi connectivity index (χ4v) is 3.92. The molecule has 0 saturated carbocycles. The van der Waals surface area contributed by atoms with Gasteiger partial charge in [0, 0.05) is 15.1 Å². The van der Waals surface area contributed by atoms with E-state index >= 15 is 0 Å². The van der Waals surface area contributed by atoms with E-state index in [1.165, 1.54) is 31.4 Å². The molecule has 0 spiro atoms. The van der Waals surface area contributed by atoms with Crippen LogP contribution in [0.2, 0.25) is 5.02 Å². The van der Waals surface area contributed by atoms with Crippen LogP contribution in [0.25, 0.3) is 6.08 Å². The van der Waals surface area contributed by atoms with E-state index in [0.717, 1.165) is 9.37 Å². The molecule has 2 N–H and O–H groups in total. The van der Waals surface area contributed by atoms with Crippen LogP contribution in [0, 0.1) is 0 Å². The normalized spacial score (nSPS) is 14.4. The van der Waals surface area contributed by atoms with Crippen LogP contribution in [0.4, 0.5) is 16.2 Å². The Bertz CT molecular complexity index is 1420. The van der Waals surface area contributed by atoms with Crippen molar-refractivity contribution >= 4 is 68.7 Å². The largest absolute Gasteiger partial charge is 0.495 e. The quantitative estimate of drug-likeness (QED) is 0.305. The average Bonchev–Trinajstić information content (AvgIpc) is 2.87. The van der Waals surface area contributed by atoms with Gasteiger partial charge in [0.15, 0.2) is 6.61 Å². The number of nitrogens with one attached hydrogen (secondary N) is 2. The van der Waals surface area contributed by atoms with Gasteiger partial charge in [0.25, 0.3) is 17.7 Å². The van der Waals surface area contributed by atoms with Crippen molar-refractivity contribution in [1.82, 2.24) is 5.32 Å². The number of ether oxygens (including phenoxy) is 2. The minimum absolute atomic E-state index is 0.194. The molecule has 37 heavy (non-hydrogen) atoms. The first-order valence-corrected chi connectivity index (χ1v) is 12.0. The molecule has 1 aliphatic heterocycles. The van der Waals surface area contributed by atoms with Crippen LogP contribution in [0.15, 0.2) is 76.8 Å². The number of anilines is 2. The summed E-state index contributed by atoms with van der Waals surface area (Å²) in [6.45, 7) is -0.375. The Kier molecular flexibility index (Phi) is 7.90. The highest BCUT2D eigenvalue weighted by Crippen LogP contribution is 2.29. The molecular formula is C26H19BrClN3O6. The Morgan fingerprint density at radius 3 is 2.51 bits per heavy atom. The van der Waals surface area contributed by atoms with Crippen molar-refractivity contribution in [3.8, 4) is 11.5 Å². The van der Waals surface area contributed by atoms with Gasteiger partial charge in [0.2, 0.25) is 0 Å². The van der Waals surface area contributed by atoms with Gasteiger partial charge in [-0.05, 0) is 60.7 Å². The van der Waals surface area contributed by atoms with Crippen molar-refractivity contribution in [2.45, 2.75) is 0 Å². The first kappa shape index (κ1) is 25.9. The van der Waals surface area contributed by atoms with Gasteiger partial charge < -0.3 is 14.8 Å². The second kappa shape index (κ2) is 11.3. The number of nitrogens with zero attached hydrogens (tertiary/aromatic N) is 1. The number of hydrogen-bond acceptors (Lipinski definition) is 6. The van der Waals surface area contributed by atoms with Crippen LogP contribution in [0.3, 0.4) is 0 Å². The number of halogens is 2. The third-order valence-electron chi connectivity index (χ3n) is 5.20. The summed E-state index contributed by atoms with van der Waals surface area (Å²) in [6, 6.07) is 17.0. The van der Waals surface area contributed by atoms with Crippen molar-refractivity contribution in [3.05, 3.63) is 87.4 Å². The van der Waals surface area contributed by atoms with E-state index in [2.05, 4.69) is 26.6 Å². The smallest absolute Gasteiger partial charge is 0.335 e. The monoisotopic (exact) mass is 583 g/mol. The second-order valence-corrected chi connectivity index (χ2v) is 9.01. The Balaban J connectivity index is 1.58. The maximum atomic E-state index is 13.2. The van der Waals surface area contributed by atoms with E-state index in [1.54, 1.807) is 48.5 Å². The summed E-state index contributed by atoms with van der Waals surface area (Å²) in [5.74, 6) is -1.48. The summed E-state index contributed by atoms with van der Waals surface area (Å²) in [4.78, 5) is 51.5. The van der Waals surface area contributed by atoms with Crippen molar-refractivity contribution in [2.75, 3.05) is 23.9 Å². The zero-order valence-electron chi connectivity index (χ0n) is 19.3. The highest BCUT2D eigenvalue weighted by molar-refractivity contribution is 9.10. The summed E-state index contributed by atoms with van der Waals surface area (Å²) < 4.78 is 11.6. The van der Waals surface area contributed by atoms with Crippen molar-refractivity contribution < 1.29 is 28.7 Å². The summed E-state index contributed by atoms with van der Waals surface area (Å²) in [6.07, 6.45) is 1.26. The van der Waals surface area contributed by atoms with E-state index in [0.29, 0.717) is 16.5 Å². The molecule has 0 unspecified atom stereocenters. The van der Waals surface area contributed by atoms with Gasteiger partial charge in [0.05, 0.1) is 18.5 Å². The number of imide groups is 2. The number of barbiturate groups is 1. The van der Waals surface area contributed by atoms with E-state index in [-0.39, 0.29) is 29.2 Å². The molecule has 1 fully saturated rings. The molecule has 1 aliphatic rings. The molecule has 4 rings (SSSR count). The Hall–Kier alpha value is -4.15. The maximum Gasteiger partial charge on any atom is 0.335 e. The van der Waals surface area contributed by atoms with Crippen molar-refractivity contribution in [2.24, 2.45) is 0 Å². The summed E-state index contributed by atoms with van der Waals surface area (Å²) >= 11 is 9.44. The van der Waals surface area contributed by atoms with Gasteiger partial charge in [-0.25, -0.2) is 9.69 Å². The molecule has 0 aliphatic carbocycles. The lowest BCUT2D eigenvalue weighted by Gasteiger charge is -2.26. The molecule has 3 aromatic carbocycles. The number of amides is 5. The van der Waals surface area contributed by atoms with Crippen LogP contribution < -0.4 is 25.0 Å². The highest BCUT2D eigenvalue weighted by Gasteiger charge is 2.37. The maximum absolute atomic E-state index is 13.2. The first-order valence-electron chi connectivity index (χ1n) is 10.8. The van der Waals surface area contributed by atoms with E-state index in [1.807, 2.05) is 0 Å². The molecule has 11 heteroatoms. The molecule has 1 saturated heterocycles. The molecular weight excluding hydrogens is 566 g/mol. The zero-order valence-corrected chi connectivity index (χ0v) is 21.6. The minimum atomic E-state index is -0.872. The fraction of sp³-hybridized carbons (Fsp3) is 0.0769. The molecule has 0 radical (unpaired) electrons. The van der Waals surface area contributed by atoms with Crippen molar-refractivity contribution in [1.29, 1.82) is 0 Å². The van der Waals surface area contributed by atoms with Gasteiger partial charge in [-0.2, -0.15) is 0 Å². The molecule has 5 amide bonds. The zero-order chi connectivity index (χ0) is 26.5. The Morgan fingerprint density at radius 2 is 1.78 bits per heavy atom. The number of methoxy groups -OCH3 is 1. The highest BCUT2D eigenvalue weighted by atomic mass is 79.9. The Labute approximate surface area is 225 Å². The molecule has 9 nitrogen and oxygen atoms in total. The fourth-order valence-electron chi connectivity index (χ4n) is 3.48. The molecule has 188 valence electrons. The van der Waals surface area contributed by atoms with Gasteiger partial charge in [0.1, 0.15) is 17.1 Å². The number of hydrogen-bond donors (Lipinski definition) is 2. The third kappa shape index (κ3) is 5.99. The van der Waals surface area contributed by atoms with Crippen LogP contribution in [-0.4, -0.2) is 37.5 Å². The standard InChI is InChI=1S/C26H19BrClN3O6/c1-36-22-5-3-2-4-20(22)29-23(32)14-37-21-11-8-17(28)12-15(21)13-19-24(33)30-26(35)31(25(19)34)18-9-6-16(27)7-10-18/h2-13H,14H2,1H3,(H,29,32)(H,30,33,35)/b19-13+. The lowest BCUT2D eigenvalue weighted by molar-refractivity contribution is -0.122. The number of carbonyl (C=O) groups is 4. The van der Waals surface area contributed by atoms with E-state index in [4.69, 9.17) is 21.1 Å². The van der Waals surface area contributed by atoms with Gasteiger partial charge >= 0.3 is 6.03 Å². The van der Waals surface area contributed by atoms with Gasteiger partial charge in [-0.15, -0.1) is 0 Å². The summed E-state index contributed by atoms with van der Waals surface area (Å²) in [5.41, 5.74) is 0.702. The van der Waals surface area contributed by atoms with Crippen LogP contribution in [-0.2, 0) is 14.4 Å². The number of rotatable bonds is 7. The summed E-state index contributed by atoms with van der Waals surface area (Å²) in [7, 11) is 1.49. The topological polar surface area (TPSA) is 114 Å². The average molecular weight is 585 g/mol. The Morgan fingerprint density at radius 1 is 1.05 bits per heavy atom. The number of para-hydroxylation sites is 2. The van der Waals surface area contributed by atoms with E-state index in [9.17, 15) is 19.2 Å². The van der Waals surface area contributed by atoms with Crippen LogP contribution >= 0.6 is 27.5 Å². The predicted molar refractivity (Wildman–Crippen MR) is 142 cm³/mol. The lowest BCUT2D eigenvalue weighted by atomic mass is 10.1. The number of urea groups is 1. The van der Waals surface area contributed by atoms with Crippen LogP contribution in [0.5, 0.6) is 11.5 Å². The van der Waals surface area contributed by atoms with Gasteiger partial charge in [-0.1, -0.05) is 39.7 Å². The minimum Gasteiger partial charge on any atom is -0.495 e. The lowest BCUT2D eigenvalue weighted by Crippen LogP contribution is -2.54. The first-order chi connectivity index (χ1) is 17.8. The van der Waals surface area contributed by atoms with Crippen LogP contribution in [0.1, 0.15) is 5.56 Å². The molecule has 0 aromatic heterocycles. The second-order valence-electron chi connectivity index (χ2n) is 7.65. The predicted octanol–water partition coefficient (Wildman–Crippen LogP) is 4.80. The number of benzene rings is 3. The van der Waals surface area contributed by atoms with Crippen molar-refractivity contribution in [3.63, 3.8) is 0 Å². The molecule has 1 heterocycles.